The van der Waals surface area contributed by atoms with Crippen LogP contribution in [0.5, 0.6) is 5.75 Å². The van der Waals surface area contributed by atoms with E-state index in [2.05, 4.69) is 21.2 Å². The number of aliphatic carboxylic acids is 1. The molecule has 2 N–H and O–H groups in total. The van der Waals surface area contributed by atoms with Crippen LogP contribution in [0.4, 0.5) is 5.69 Å². The van der Waals surface area contributed by atoms with E-state index in [9.17, 15) is 14.7 Å². The zero-order chi connectivity index (χ0) is 23.2. The molecule has 0 bridgehead atoms. The molecule has 4 rings (SSSR count). The van der Waals surface area contributed by atoms with Gasteiger partial charge in [0.05, 0.1) is 12.2 Å². The number of carbonyl (C=O) groups is 2. The first-order valence-corrected chi connectivity index (χ1v) is 12.6. The number of carboxylic acid groups (broad SMARTS) is 1. The summed E-state index contributed by atoms with van der Waals surface area (Å²) in [7, 11) is 0. The van der Waals surface area contributed by atoms with Gasteiger partial charge in [0.25, 0.3) is 0 Å². The average Bonchev–Trinajstić information content (AvgIpc) is 2.95. The molecule has 1 aliphatic carbocycles. The minimum atomic E-state index is -0.917. The molecule has 1 amide bonds. The number of fused-ring (bicyclic) bond motifs is 1. The van der Waals surface area contributed by atoms with Crippen LogP contribution in [0.1, 0.15) is 50.5 Å². The van der Waals surface area contributed by atoms with Gasteiger partial charge in [0, 0.05) is 4.47 Å². The molecule has 1 saturated carbocycles. The van der Waals surface area contributed by atoms with E-state index in [0.29, 0.717) is 30.3 Å². The SMILES string of the molecule is O=C(O)[C@H](CCC1CCCCC1)NC1COc2ccccc2N(Cc2ccc(Br)cc2)C1=O. The van der Waals surface area contributed by atoms with Crippen LogP contribution >= 0.6 is 15.9 Å². The predicted octanol–water partition coefficient (Wildman–Crippen LogP) is 5.15. The summed E-state index contributed by atoms with van der Waals surface area (Å²) in [6, 6.07) is 13.8. The van der Waals surface area contributed by atoms with Crippen molar-refractivity contribution in [3.05, 3.63) is 58.6 Å². The van der Waals surface area contributed by atoms with E-state index < -0.39 is 18.1 Å². The van der Waals surface area contributed by atoms with Crippen molar-refractivity contribution in [1.29, 1.82) is 0 Å². The molecule has 33 heavy (non-hydrogen) atoms. The van der Waals surface area contributed by atoms with Crippen molar-refractivity contribution in [3.8, 4) is 5.75 Å². The zero-order valence-electron chi connectivity index (χ0n) is 18.7. The highest BCUT2D eigenvalue weighted by Crippen LogP contribution is 2.33. The molecule has 2 atom stereocenters. The molecule has 1 heterocycles. The van der Waals surface area contributed by atoms with E-state index in [1.165, 1.54) is 32.1 Å². The Morgan fingerprint density at radius 3 is 2.58 bits per heavy atom. The molecule has 1 aliphatic heterocycles. The summed E-state index contributed by atoms with van der Waals surface area (Å²) in [5.41, 5.74) is 1.68. The van der Waals surface area contributed by atoms with Gasteiger partial charge >= 0.3 is 5.97 Å². The second-order valence-electron chi connectivity index (χ2n) is 9.02. The van der Waals surface area contributed by atoms with Gasteiger partial charge in [-0.3, -0.25) is 14.9 Å². The molecule has 2 aromatic carbocycles. The van der Waals surface area contributed by atoms with Crippen molar-refractivity contribution in [1.82, 2.24) is 5.32 Å². The third-order valence-electron chi connectivity index (χ3n) is 6.67. The van der Waals surface area contributed by atoms with Crippen LogP contribution in [-0.4, -0.2) is 35.7 Å². The lowest BCUT2D eigenvalue weighted by Crippen LogP contribution is -2.53. The summed E-state index contributed by atoms with van der Waals surface area (Å²) in [6.07, 6.45) is 7.47. The predicted molar refractivity (Wildman–Crippen MR) is 131 cm³/mol. The van der Waals surface area contributed by atoms with Gasteiger partial charge in [-0.1, -0.05) is 72.3 Å². The summed E-state index contributed by atoms with van der Waals surface area (Å²) >= 11 is 3.45. The van der Waals surface area contributed by atoms with E-state index in [4.69, 9.17) is 4.74 Å². The van der Waals surface area contributed by atoms with Gasteiger partial charge in [-0.05, 0) is 48.6 Å². The standard InChI is InChI=1S/C26H31BrN2O4/c27-20-13-10-19(11-14-20)16-29-23-8-4-5-9-24(23)33-17-22(25(29)30)28-21(26(31)32)15-12-18-6-2-1-3-7-18/h4-5,8-11,13-14,18,21-22,28H,1-3,6-7,12,15-17H2,(H,31,32)/t21-,22?/m0/s1. The normalized spacial score (nSPS) is 20.0. The third kappa shape index (κ3) is 6.15. The lowest BCUT2D eigenvalue weighted by molar-refractivity contribution is -0.140. The van der Waals surface area contributed by atoms with Crippen molar-refractivity contribution in [2.24, 2.45) is 5.92 Å². The molecule has 0 spiro atoms. The zero-order valence-corrected chi connectivity index (χ0v) is 20.3. The highest BCUT2D eigenvalue weighted by Gasteiger charge is 2.34. The van der Waals surface area contributed by atoms with Crippen LogP contribution in [0.15, 0.2) is 53.0 Å². The van der Waals surface area contributed by atoms with Crippen molar-refractivity contribution in [2.75, 3.05) is 11.5 Å². The fourth-order valence-electron chi connectivity index (χ4n) is 4.81. The molecule has 0 aromatic heterocycles. The molecule has 2 aliphatic rings. The fourth-order valence-corrected chi connectivity index (χ4v) is 5.07. The Morgan fingerprint density at radius 2 is 1.85 bits per heavy atom. The second-order valence-corrected chi connectivity index (χ2v) is 9.94. The van der Waals surface area contributed by atoms with Gasteiger partial charge in [0.15, 0.2) is 0 Å². The summed E-state index contributed by atoms with van der Waals surface area (Å²) in [4.78, 5) is 27.4. The van der Waals surface area contributed by atoms with Gasteiger partial charge in [-0.15, -0.1) is 0 Å². The smallest absolute Gasteiger partial charge is 0.320 e. The number of hydrogen-bond donors (Lipinski definition) is 2. The maximum Gasteiger partial charge on any atom is 0.320 e. The Bertz CT molecular complexity index is 959. The van der Waals surface area contributed by atoms with Crippen molar-refractivity contribution in [3.63, 3.8) is 0 Å². The fraction of sp³-hybridized carbons (Fsp3) is 0.462. The summed E-state index contributed by atoms with van der Waals surface area (Å²) < 4.78 is 6.94. The Hall–Kier alpha value is -2.38. The number of ether oxygens (including phenoxy) is 1. The minimum absolute atomic E-state index is 0.0971. The van der Waals surface area contributed by atoms with Crippen molar-refractivity contribution >= 4 is 33.5 Å². The largest absolute Gasteiger partial charge is 0.489 e. The quantitative estimate of drug-likeness (QED) is 0.509. The number of halogens is 1. The maximum absolute atomic E-state index is 13.6. The molecule has 2 aromatic rings. The van der Waals surface area contributed by atoms with Gasteiger partial charge in [0.1, 0.15) is 24.4 Å². The van der Waals surface area contributed by atoms with Crippen LogP contribution in [0.25, 0.3) is 0 Å². The van der Waals surface area contributed by atoms with Crippen LogP contribution in [-0.2, 0) is 16.1 Å². The number of nitrogens with zero attached hydrogens (tertiary/aromatic N) is 1. The average molecular weight is 515 g/mol. The number of carbonyl (C=O) groups excluding carboxylic acids is 1. The molecule has 6 nitrogen and oxygen atoms in total. The Labute approximate surface area is 203 Å². The second kappa shape index (κ2) is 11.2. The van der Waals surface area contributed by atoms with Crippen molar-refractivity contribution < 1.29 is 19.4 Å². The number of anilines is 1. The van der Waals surface area contributed by atoms with E-state index in [1.807, 2.05) is 48.5 Å². The van der Waals surface area contributed by atoms with E-state index in [-0.39, 0.29) is 12.5 Å². The monoisotopic (exact) mass is 514 g/mol. The number of hydrogen-bond acceptors (Lipinski definition) is 4. The molecule has 7 heteroatoms. The van der Waals surface area contributed by atoms with Crippen LogP contribution < -0.4 is 15.0 Å². The first kappa shape index (κ1) is 23.8. The lowest BCUT2D eigenvalue weighted by Gasteiger charge is -2.28. The summed E-state index contributed by atoms with van der Waals surface area (Å²) in [5.74, 6) is 0.120. The number of amides is 1. The van der Waals surface area contributed by atoms with Crippen LogP contribution in [0.2, 0.25) is 0 Å². The molecular weight excluding hydrogens is 484 g/mol. The van der Waals surface area contributed by atoms with Gasteiger partial charge in [-0.25, -0.2) is 0 Å². The lowest BCUT2D eigenvalue weighted by atomic mass is 9.85. The Balaban J connectivity index is 1.51. The molecule has 1 fully saturated rings. The molecule has 0 radical (unpaired) electrons. The van der Waals surface area contributed by atoms with Gasteiger partial charge in [0.2, 0.25) is 5.91 Å². The van der Waals surface area contributed by atoms with E-state index >= 15 is 0 Å². The highest BCUT2D eigenvalue weighted by molar-refractivity contribution is 9.10. The first-order chi connectivity index (χ1) is 16.0. The minimum Gasteiger partial charge on any atom is -0.489 e. The van der Waals surface area contributed by atoms with Crippen LogP contribution in [0.3, 0.4) is 0 Å². The van der Waals surface area contributed by atoms with Crippen LogP contribution in [0, 0.1) is 5.92 Å². The molecule has 0 saturated heterocycles. The number of rotatable bonds is 8. The van der Waals surface area contributed by atoms with E-state index in [1.54, 1.807) is 4.90 Å². The Kier molecular flexibility index (Phi) is 8.04. The summed E-state index contributed by atoms with van der Waals surface area (Å²) in [6.45, 7) is 0.477. The first-order valence-electron chi connectivity index (χ1n) is 11.8. The number of para-hydroxylation sites is 2. The van der Waals surface area contributed by atoms with Crippen molar-refractivity contribution in [2.45, 2.75) is 63.6 Å². The molecule has 1 unspecified atom stereocenters. The molecule has 176 valence electrons. The maximum atomic E-state index is 13.6. The topological polar surface area (TPSA) is 78.9 Å². The highest BCUT2D eigenvalue weighted by atomic mass is 79.9. The van der Waals surface area contributed by atoms with E-state index in [0.717, 1.165) is 16.5 Å². The number of carboxylic acids is 1. The number of nitrogens with one attached hydrogen (secondary N) is 1. The van der Waals surface area contributed by atoms with Gasteiger partial charge < -0.3 is 14.7 Å². The number of benzene rings is 2. The van der Waals surface area contributed by atoms with Gasteiger partial charge in [-0.2, -0.15) is 0 Å². The summed E-state index contributed by atoms with van der Waals surface area (Å²) in [5, 5.41) is 13.0. The Morgan fingerprint density at radius 1 is 1.12 bits per heavy atom. The molecular formula is C26H31BrN2O4. The third-order valence-corrected chi connectivity index (χ3v) is 7.20.